The molecule has 1 aromatic carbocycles. The molecule has 0 saturated heterocycles. The number of amides is 2. The molecule has 0 aliphatic rings. The van der Waals surface area contributed by atoms with Crippen LogP contribution in [0, 0.1) is 0 Å². The molecule has 0 aliphatic heterocycles. The molecule has 7 nitrogen and oxygen atoms in total. The topological polar surface area (TPSA) is 105 Å². The standard InChI is InChI=1S/C12H12Cl2N6O/c1-16-10-9(19-11(15)21)5-17-12(20-10)18-6-2-3-7(13)8(14)4-6/h2-5H,1H3,(H3,15,19,21)(H2,16,17,18,20). The first-order valence-corrected chi connectivity index (χ1v) is 6.58. The van der Waals surface area contributed by atoms with Crippen LogP contribution >= 0.6 is 23.2 Å². The van der Waals surface area contributed by atoms with Crippen molar-refractivity contribution in [3.63, 3.8) is 0 Å². The van der Waals surface area contributed by atoms with E-state index >= 15 is 0 Å². The minimum atomic E-state index is -0.694. The van der Waals surface area contributed by atoms with Crippen LogP contribution in [0.25, 0.3) is 0 Å². The monoisotopic (exact) mass is 326 g/mol. The number of carbonyl (C=O) groups is 1. The van der Waals surface area contributed by atoms with E-state index in [9.17, 15) is 4.79 Å². The summed E-state index contributed by atoms with van der Waals surface area (Å²) >= 11 is 11.8. The van der Waals surface area contributed by atoms with Gasteiger partial charge in [-0.05, 0) is 18.2 Å². The zero-order valence-corrected chi connectivity index (χ0v) is 12.5. The molecule has 1 aromatic heterocycles. The summed E-state index contributed by atoms with van der Waals surface area (Å²) in [6.45, 7) is 0. The van der Waals surface area contributed by atoms with E-state index in [-0.39, 0.29) is 0 Å². The van der Waals surface area contributed by atoms with Gasteiger partial charge in [0.15, 0.2) is 5.82 Å². The molecule has 0 saturated carbocycles. The SMILES string of the molecule is CNc1nc(Nc2ccc(Cl)c(Cl)c2)ncc1NC(N)=O. The van der Waals surface area contributed by atoms with Gasteiger partial charge in [-0.3, -0.25) is 0 Å². The lowest BCUT2D eigenvalue weighted by molar-refractivity contribution is 0.259. The van der Waals surface area contributed by atoms with Gasteiger partial charge in [-0.25, -0.2) is 9.78 Å². The predicted molar refractivity (Wildman–Crippen MR) is 84.5 cm³/mol. The van der Waals surface area contributed by atoms with Crippen LogP contribution in [0.15, 0.2) is 24.4 Å². The van der Waals surface area contributed by atoms with Gasteiger partial charge in [0.2, 0.25) is 5.95 Å². The van der Waals surface area contributed by atoms with E-state index in [1.54, 1.807) is 25.2 Å². The third kappa shape index (κ3) is 3.87. The number of halogens is 2. The van der Waals surface area contributed by atoms with Crippen molar-refractivity contribution in [2.45, 2.75) is 0 Å². The Morgan fingerprint density at radius 2 is 2.05 bits per heavy atom. The van der Waals surface area contributed by atoms with Gasteiger partial charge in [0, 0.05) is 12.7 Å². The Balaban J connectivity index is 2.24. The molecule has 110 valence electrons. The van der Waals surface area contributed by atoms with Gasteiger partial charge in [-0.2, -0.15) is 4.98 Å². The fourth-order valence-corrected chi connectivity index (χ4v) is 1.86. The van der Waals surface area contributed by atoms with Crippen molar-refractivity contribution >= 4 is 52.4 Å². The van der Waals surface area contributed by atoms with Gasteiger partial charge in [0.05, 0.1) is 16.2 Å². The average Bonchev–Trinajstić information content (AvgIpc) is 2.44. The zero-order valence-electron chi connectivity index (χ0n) is 10.9. The van der Waals surface area contributed by atoms with E-state index in [0.29, 0.717) is 33.2 Å². The molecule has 2 aromatic rings. The number of carbonyl (C=O) groups excluding carboxylic acids is 1. The average molecular weight is 327 g/mol. The molecule has 0 fully saturated rings. The van der Waals surface area contributed by atoms with Crippen molar-refractivity contribution in [2.75, 3.05) is 23.0 Å². The lowest BCUT2D eigenvalue weighted by Gasteiger charge is -2.11. The maximum absolute atomic E-state index is 10.9. The smallest absolute Gasteiger partial charge is 0.316 e. The second-order valence-electron chi connectivity index (χ2n) is 3.95. The molecule has 1 heterocycles. The molecule has 2 amide bonds. The van der Waals surface area contributed by atoms with E-state index in [4.69, 9.17) is 28.9 Å². The van der Waals surface area contributed by atoms with Crippen LogP contribution in [0.3, 0.4) is 0 Å². The van der Waals surface area contributed by atoms with Crippen molar-refractivity contribution in [3.05, 3.63) is 34.4 Å². The summed E-state index contributed by atoms with van der Waals surface area (Å²) in [7, 11) is 1.66. The number of nitrogens with one attached hydrogen (secondary N) is 3. The molecule has 0 unspecified atom stereocenters. The quantitative estimate of drug-likeness (QED) is 0.691. The van der Waals surface area contributed by atoms with Gasteiger partial charge >= 0.3 is 6.03 Å². The first-order chi connectivity index (χ1) is 9.99. The number of nitrogens with zero attached hydrogens (tertiary/aromatic N) is 2. The Bertz CT molecular complexity index is 679. The Kier molecular flexibility index (Phi) is 4.66. The number of anilines is 4. The largest absolute Gasteiger partial charge is 0.371 e. The number of nitrogens with two attached hydrogens (primary N) is 1. The van der Waals surface area contributed by atoms with E-state index < -0.39 is 6.03 Å². The van der Waals surface area contributed by atoms with E-state index in [1.807, 2.05) is 0 Å². The molecule has 0 spiro atoms. The number of aromatic nitrogens is 2. The van der Waals surface area contributed by atoms with Crippen molar-refractivity contribution in [1.29, 1.82) is 0 Å². The van der Waals surface area contributed by atoms with Gasteiger partial charge in [0.25, 0.3) is 0 Å². The fraction of sp³-hybridized carbons (Fsp3) is 0.0833. The Morgan fingerprint density at radius 1 is 1.29 bits per heavy atom. The predicted octanol–water partition coefficient (Wildman–Crippen LogP) is 3.06. The highest BCUT2D eigenvalue weighted by molar-refractivity contribution is 6.42. The lowest BCUT2D eigenvalue weighted by atomic mass is 10.3. The normalized spacial score (nSPS) is 10.0. The van der Waals surface area contributed by atoms with Crippen LogP contribution in [0.4, 0.5) is 27.9 Å². The molecular formula is C12H12Cl2N6O. The molecule has 0 aliphatic carbocycles. The first-order valence-electron chi connectivity index (χ1n) is 5.83. The molecular weight excluding hydrogens is 315 g/mol. The number of hydrogen-bond donors (Lipinski definition) is 4. The number of primary amides is 1. The summed E-state index contributed by atoms with van der Waals surface area (Å²) in [6, 6.07) is 4.36. The van der Waals surface area contributed by atoms with E-state index in [0.717, 1.165) is 0 Å². The van der Waals surface area contributed by atoms with Crippen molar-refractivity contribution in [3.8, 4) is 0 Å². The second-order valence-corrected chi connectivity index (χ2v) is 4.76. The molecule has 5 N–H and O–H groups in total. The van der Waals surface area contributed by atoms with Crippen molar-refractivity contribution in [2.24, 2.45) is 5.73 Å². The molecule has 0 radical (unpaired) electrons. The van der Waals surface area contributed by atoms with Crippen LogP contribution in [0.1, 0.15) is 0 Å². The van der Waals surface area contributed by atoms with Gasteiger partial charge in [-0.15, -0.1) is 0 Å². The molecule has 2 rings (SSSR count). The maximum atomic E-state index is 10.9. The minimum absolute atomic E-state index is 0.327. The third-order valence-electron chi connectivity index (χ3n) is 2.46. The van der Waals surface area contributed by atoms with Crippen molar-refractivity contribution < 1.29 is 4.79 Å². The Labute approximate surface area is 130 Å². The summed E-state index contributed by atoms with van der Waals surface area (Å²) in [5.41, 5.74) is 6.13. The Morgan fingerprint density at radius 3 is 2.67 bits per heavy atom. The number of rotatable bonds is 4. The fourth-order valence-electron chi connectivity index (χ4n) is 1.56. The van der Waals surface area contributed by atoms with Crippen LogP contribution < -0.4 is 21.7 Å². The highest BCUT2D eigenvalue weighted by Gasteiger charge is 2.08. The second kappa shape index (κ2) is 6.47. The van der Waals surface area contributed by atoms with Crippen LogP contribution in [-0.2, 0) is 0 Å². The highest BCUT2D eigenvalue weighted by Crippen LogP contribution is 2.27. The summed E-state index contributed by atoms with van der Waals surface area (Å²) in [5.74, 6) is 0.749. The number of hydrogen-bond acceptors (Lipinski definition) is 5. The van der Waals surface area contributed by atoms with Gasteiger partial charge in [0.1, 0.15) is 5.69 Å². The summed E-state index contributed by atoms with van der Waals surface area (Å²) in [4.78, 5) is 19.2. The van der Waals surface area contributed by atoms with Gasteiger partial charge in [-0.1, -0.05) is 23.2 Å². The lowest BCUT2D eigenvalue weighted by Crippen LogP contribution is -2.20. The first kappa shape index (κ1) is 15.1. The van der Waals surface area contributed by atoms with Gasteiger partial charge < -0.3 is 21.7 Å². The van der Waals surface area contributed by atoms with Crippen molar-refractivity contribution in [1.82, 2.24) is 9.97 Å². The van der Waals surface area contributed by atoms with Crippen LogP contribution in [0.5, 0.6) is 0 Å². The minimum Gasteiger partial charge on any atom is -0.371 e. The summed E-state index contributed by atoms with van der Waals surface area (Å²) < 4.78 is 0. The van der Waals surface area contributed by atoms with E-state index in [2.05, 4.69) is 25.9 Å². The number of urea groups is 1. The molecule has 21 heavy (non-hydrogen) atoms. The summed E-state index contributed by atoms with van der Waals surface area (Å²) in [6.07, 6.45) is 1.43. The third-order valence-corrected chi connectivity index (χ3v) is 3.20. The molecule has 0 bridgehead atoms. The number of benzene rings is 1. The molecule has 0 atom stereocenters. The maximum Gasteiger partial charge on any atom is 0.316 e. The zero-order chi connectivity index (χ0) is 15.4. The van der Waals surface area contributed by atoms with Crippen LogP contribution in [0.2, 0.25) is 10.0 Å². The molecule has 9 heteroatoms. The Hall–Kier alpha value is -2.25. The van der Waals surface area contributed by atoms with Crippen LogP contribution in [-0.4, -0.2) is 23.0 Å². The highest BCUT2D eigenvalue weighted by atomic mass is 35.5. The van der Waals surface area contributed by atoms with E-state index in [1.165, 1.54) is 6.20 Å². The summed E-state index contributed by atoms with van der Waals surface area (Å²) in [5, 5.41) is 9.11.